The molecule has 0 saturated carbocycles. The molecule has 1 rings (SSSR count). The van der Waals surface area contributed by atoms with Gasteiger partial charge in [0.05, 0.1) is 13.0 Å². The third kappa shape index (κ3) is 5.08. The maximum Gasteiger partial charge on any atom is 0.305 e. The Labute approximate surface area is 108 Å². The van der Waals surface area contributed by atoms with Gasteiger partial charge in [-0.1, -0.05) is 13.3 Å². The van der Waals surface area contributed by atoms with Crippen LogP contribution in [0.25, 0.3) is 0 Å². The molecule has 0 radical (unpaired) electrons. The molecule has 4 heteroatoms. The average Bonchev–Trinajstić information content (AvgIpc) is 2.37. The van der Waals surface area contributed by atoms with E-state index in [0.29, 0.717) is 6.54 Å². The number of rotatable bonds is 8. The fraction of sp³-hybridized carbons (Fsp3) is 0.500. The minimum atomic E-state index is -0.777. The van der Waals surface area contributed by atoms with Crippen molar-refractivity contribution in [1.82, 2.24) is 0 Å². The Morgan fingerprint density at radius 2 is 2.00 bits per heavy atom. The van der Waals surface area contributed by atoms with E-state index in [4.69, 9.17) is 9.84 Å². The minimum Gasteiger partial charge on any atom is -0.494 e. The number of carboxylic acids is 1. The Balaban J connectivity index is 2.45. The zero-order valence-electron chi connectivity index (χ0n) is 11.1. The number of carboxylic acid groups (broad SMARTS) is 1. The molecule has 0 spiro atoms. The Morgan fingerprint density at radius 3 is 2.56 bits per heavy atom. The summed E-state index contributed by atoms with van der Waals surface area (Å²) in [5.74, 6) is 0.0835. The molecule has 18 heavy (non-hydrogen) atoms. The third-order valence-corrected chi connectivity index (χ3v) is 2.71. The van der Waals surface area contributed by atoms with Crippen LogP contribution >= 0.6 is 0 Å². The van der Waals surface area contributed by atoms with Gasteiger partial charge in [0.25, 0.3) is 0 Å². The van der Waals surface area contributed by atoms with Crippen LogP contribution in [0.4, 0.5) is 5.69 Å². The van der Waals surface area contributed by atoms with Gasteiger partial charge in [0.15, 0.2) is 0 Å². The minimum absolute atomic E-state index is 0.144. The fourth-order valence-corrected chi connectivity index (χ4v) is 1.52. The molecule has 0 aliphatic carbocycles. The molecule has 0 aliphatic rings. The van der Waals surface area contributed by atoms with Crippen LogP contribution < -0.4 is 9.64 Å². The van der Waals surface area contributed by atoms with Gasteiger partial charge in [0, 0.05) is 19.3 Å². The van der Waals surface area contributed by atoms with Crippen molar-refractivity contribution in [3.63, 3.8) is 0 Å². The third-order valence-electron chi connectivity index (χ3n) is 2.71. The van der Waals surface area contributed by atoms with Crippen LogP contribution in [0.15, 0.2) is 24.3 Å². The number of aliphatic carboxylic acids is 1. The first kappa shape index (κ1) is 14.4. The molecule has 0 amide bonds. The molecule has 4 nitrogen and oxygen atoms in total. The zero-order chi connectivity index (χ0) is 13.4. The second-order valence-corrected chi connectivity index (χ2v) is 4.26. The lowest BCUT2D eigenvalue weighted by atomic mass is 10.2. The highest BCUT2D eigenvalue weighted by molar-refractivity contribution is 5.67. The molecule has 100 valence electrons. The maximum absolute atomic E-state index is 10.5. The monoisotopic (exact) mass is 251 g/mol. The van der Waals surface area contributed by atoms with Gasteiger partial charge in [-0.2, -0.15) is 0 Å². The van der Waals surface area contributed by atoms with Crippen LogP contribution in [-0.2, 0) is 4.79 Å². The number of benzene rings is 1. The second-order valence-electron chi connectivity index (χ2n) is 4.26. The van der Waals surface area contributed by atoms with E-state index >= 15 is 0 Å². The molecule has 0 fully saturated rings. The van der Waals surface area contributed by atoms with E-state index < -0.39 is 5.97 Å². The van der Waals surface area contributed by atoms with Crippen molar-refractivity contribution in [3.8, 4) is 5.75 Å². The Hall–Kier alpha value is -1.71. The molecule has 0 heterocycles. The van der Waals surface area contributed by atoms with Crippen molar-refractivity contribution >= 4 is 11.7 Å². The first-order valence-electron chi connectivity index (χ1n) is 6.29. The van der Waals surface area contributed by atoms with Crippen molar-refractivity contribution in [2.75, 3.05) is 25.1 Å². The molecule has 0 saturated heterocycles. The number of ether oxygens (including phenoxy) is 1. The van der Waals surface area contributed by atoms with Gasteiger partial charge < -0.3 is 14.7 Å². The summed E-state index contributed by atoms with van der Waals surface area (Å²) in [4.78, 5) is 12.4. The van der Waals surface area contributed by atoms with Crippen LogP contribution in [0.1, 0.15) is 26.2 Å². The second kappa shape index (κ2) is 7.58. The molecule has 0 bridgehead atoms. The Bertz CT molecular complexity index is 362. The highest BCUT2D eigenvalue weighted by Crippen LogP contribution is 2.18. The zero-order valence-corrected chi connectivity index (χ0v) is 11.1. The average molecular weight is 251 g/mol. The number of hydrogen-bond donors (Lipinski definition) is 1. The maximum atomic E-state index is 10.5. The summed E-state index contributed by atoms with van der Waals surface area (Å²) in [5, 5.41) is 8.63. The standard InChI is InChI=1S/C14H21NO3/c1-3-4-11-18-13-7-5-12(6-8-13)15(2)10-9-14(16)17/h5-8H,3-4,9-11H2,1-2H3,(H,16,17). The molecule has 0 unspecified atom stereocenters. The quantitative estimate of drug-likeness (QED) is 0.722. The molecular formula is C14H21NO3. The number of carbonyl (C=O) groups is 1. The van der Waals surface area contributed by atoms with Crippen LogP contribution in [0, 0.1) is 0 Å². The normalized spacial score (nSPS) is 10.1. The van der Waals surface area contributed by atoms with Crippen molar-refractivity contribution in [2.45, 2.75) is 26.2 Å². The first-order valence-corrected chi connectivity index (χ1v) is 6.29. The molecular weight excluding hydrogens is 230 g/mol. The van der Waals surface area contributed by atoms with E-state index in [1.807, 2.05) is 36.2 Å². The van der Waals surface area contributed by atoms with E-state index in [1.165, 1.54) is 0 Å². The lowest BCUT2D eigenvalue weighted by Crippen LogP contribution is -2.20. The summed E-state index contributed by atoms with van der Waals surface area (Å²) in [6, 6.07) is 7.73. The Morgan fingerprint density at radius 1 is 1.33 bits per heavy atom. The smallest absolute Gasteiger partial charge is 0.305 e. The molecule has 1 aromatic carbocycles. The molecule has 0 atom stereocenters. The van der Waals surface area contributed by atoms with Crippen molar-refractivity contribution in [2.24, 2.45) is 0 Å². The van der Waals surface area contributed by atoms with Gasteiger partial charge in [-0.3, -0.25) is 4.79 Å². The predicted octanol–water partition coefficient (Wildman–Crippen LogP) is 2.78. The number of anilines is 1. The topological polar surface area (TPSA) is 49.8 Å². The van der Waals surface area contributed by atoms with Gasteiger partial charge >= 0.3 is 5.97 Å². The SMILES string of the molecule is CCCCOc1ccc(N(C)CCC(=O)O)cc1. The van der Waals surface area contributed by atoms with Crippen molar-refractivity contribution in [3.05, 3.63) is 24.3 Å². The van der Waals surface area contributed by atoms with Crippen LogP contribution in [0.3, 0.4) is 0 Å². The molecule has 0 aromatic heterocycles. The predicted molar refractivity (Wildman–Crippen MR) is 72.4 cm³/mol. The number of unbranched alkanes of at least 4 members (excludes halogenated alkanes) is 1. The lowest BCUT2D eigenvalue weighted by molar-refractivity contribution is -0.136. The summed E-state index contributed by atoms with van der Waals surface area (Å²) >= 11 is 0. The number of hydrogen-bond acceptors (Lipinski definition) is 3. The van der Waals surface area contributed by atoms with E-state index in [-0.39, 0.29) is 6.42 Å². The summed E-state index contributed by atoms with van der Waals surface area (Å²) in [6.45, 7) is 3.37. The van der Waals surface area contributed by atoms with E-state index in [2.05, 4.69) is 6.92 Å². The highest BCUT2D eigenvalue weighted by Gasteiger charge is 2.04. The number of nitrogens with zero attached hydrogens (tertiary/aromatic N) is 1. The van der Waals surface area contributed by atoms with Crippen LogP contribution in [-0.4, -0.2) is 31.3 Å². The summed E-state index contributed by atoms with van der Waals surface area (Å²) < 4.78 is 5.57. The fourth-order valence-electron chi connectivity index (χ4n) is 1.52. The van der Waals surface area contributed by atoms with Crippen LogP contribution in [0.2, 0.25) is 0 Å². The highest BCUT2D eigenvalue weighted by atomic mass is 16.5. The molecule has 0 aliphatic heterocycles. The van der Waals surface area contributed by atoms with E-state index in [0.717, 1.165) is 30.9 Å². The Kier molecular flexibility index (Phi) is 6.05. The largest absolute Gasteiger partial charge is 0.494 e. The summed E-state index contributed by atoms with van der Waals surface area (Å²) in [6.07, 6.45) is 2.32. The van der Waals surface area contributed by atoms with Crippen molar-refractivity contribution < 1.29 is 14.6 Å². The van der Waals surface area contributed by atoms with Crippen LogP contribution in [0.5, 0.6) is 5.75 Å². The molecule has 1 N–H and O–H groups in total. The van der Waals surface area contributed by atoms with Crippen molar-refractivity contribution in [1.29, 1.82) is 0 Å². The van der Waals surface area contributed by atoms with Gasteiger partial charge in [0.2, 0.25) is 0 Å². The van der Waals surface area contributed by atoms with Gasteiger partial charge in [-0.05, 0) is 30.7 Å². The van der Waals surface area contributed by atoms with E-state index in [1.54, 1.807) is 0 Å². The van der Waals surface area contributed by atoms with E-state index in [9.17, 15) is 4.79 Å². The lowest BCUT2D eigenvalue weighted by Gasteiger charge is -2.18. The summed E-state index contributed by atoms with van der Waals surface area (Å²) in [7, 11) is 1.88. The first-order chi connectivity index (χ1) is 8.63. The van der Waals surface area contributed by atoms with Gasteiger partial charge in [-0.25, -0.2) is 0 Å². The summed E-state index contributed by atoms with van der Waals surface area (Å²) in [5.41, 5.74) is 0.999. The molecule has 1 aromatic rings. The van der Waals surface area contributed by atoms with Gasteiger partial charge in [0.1, 0.15) is 5.75 Å². The van der Waals surface area contributed by atoms with Gasteiger partial charge in [-0.15, -0.1) is 0 Å².